The Morgan fingerprint density at radius 1 is 1.13 bits per heavy atom. The van der Waals surface area contributed by atoms with Gasteiger partial charge < -0.3 is 9.47 Å². The van der Waals surface area contributed by atoms with Gasteiger partial charge >= 0.3 is 6.18 Å². The van der Waals surface area contributed by atoms with E-state index in [1.165, 1.54) is 12.1 Å². The van der Waals surface area contributed by atoms with Crippen LogP contribution in [-0.4, -0.2) is 28.2 Å². The number of carbonyl (C=O) groups is 1. The molecule has 10 heteroatoms. The Kier molecular flexibility index (Phi) is 4.90. The summed E-state index contributed by atoms with van der Waals surface area (Å²) in [4.78, 5) is 12.5. The van der Waals surface area contributed by atoms with Gasteiger partial charge in [0.2, 0.25) is 6.79 Å². The lowest BCUT2D eigenvalue weighted by Crippen LogP contribution is -2.24. The second-order valence-corrected chi connectivity index (χ2v) is 6.36. The van der Waals surface area contributed by atoms with Crippen molar-refractivity contribution in [2.75, 3.05) is 6.79 Å². The number of aromatic nitrogens is 2. The molecule has 0 aliphatic carbocycles. The van der Waals surface area contributed by atoms with Gasteiger partial charge in [-0.05, 0) is 37.3 Å². The zero-order valence-electron chi connectivity index (χ0n) is 15.6. The second kappa shape index (κ2) is 7.54. The number of amides is 1. The summed E-state index contributed by atoms with van der Waals surface area (Å²) in [7, 11) is 0. The molecule has 0 radical (unpaired) electrons. The molecule has 0 unspecified atom stereocenters. The molecule has 7 nitrogen and oxygen atoms in total. The molecule has 3 aromatic rings. The van der Waals surface area contributed by atoms with E-state index in [-0.39, 0.29) is 12.5 Å². The van der Waals surface area contributed by atoms with Gasteiger partial charge in [-0.1, -0.05) is 18.2 Å². The van der Waals surface area contributed by atoms with Crippen LogP contribution < -0.4 is 14.9 Å². The van der Waals surface area contributed by atoms with Gasteiger partial charge in [-0.3, -0.25) is 4.79 Å². The molecule has 0 spiro atoms. The Morgan fingerprint density at radius 3 is 2.60 bits per heavy atom. The van der Waals surface area contributed by atoms with E-state index < -0.39 is 23.3 Å². The Balaban J connectivity index is 1.61. The van der Waals surface area contributed by atoms with E-state index in [4.69, 9.17) is 9.47 Å². The van der Waals surface area contributed by atoms with Crippen LogP contribution in [0.5, 0.6) is 11.5 Å². The maximum atomic E-state index is 13.7. The fraction of sp³-hybridized carbons (Fsp3) is 0.150. The van der Waals surface area contributed by atoms with Gasteiger partial charge in [0.1, 0.15) is 0 Å². The number of carbonyl (C=O) groups excluding carboxylic acids is 1. The van der Waals surface area contributed by atoms with Crippen LogP contribution in [0.1, 0.15) is 28.5 Å². The van der Waals surface area contributed by atoms with E-state index in [9.17, 15) is 18.0 Å². The maximum absolute atomic E-state index is 13.7. The SMILES string of the molecule is C/C(=N\NC(=O)c1cnn(-c2ccccc2)c1C(F)(F)F)c1ccc2c(c1)OCO2. The highest BCUT2D eigenvalue weighted by Gasteiger charge is 2.40. The lowest BCUT2D eigenvalue weighted by Gasteiger charge is -2.12. The number of nitrogens with zero attached hydrogens (tertiary/aromatic N) is 3. The first kappa shape index (κ1) is 19.5. The number of ether oxygens (including phenoxy) is 2. The van der Waals surface area contributed by atoms with Crippen LogP contribution in [0.15, 0.2) is 59.8 Å². The lowest BCUT2D eigenvalue weighted by atomic mass is 10.1. The molecule has 4 rings (SSSR count). The third-order valence-corrected chi connectivity index (χ3v) is 4.40. The fourth-order valence-corrected chi connectivity index (χ4v) is 2.93. The number of hydrogen-bond acceptors (Lipinski definition) is 5. The van der Waals surface area contributed by atoms with Crippen molar-refractivity contribution >= 4 is 11.6 Å². The summed E-state index contributed by atoms with van der Waals surface area (Å²) in [6.45, 7) is 1.72. The van der Waals surface area contributed by atoms with Crippen LogP contribution in [-0.2, 0) is 6.18 Å². The van der Waals surface area contributed by atoms with Crippen LogP contribution >= 0.6 is 0 Å². The van der Waals surface area contributed by atoms with Crippen molar-refractivity contribution in [2.45, 2.75) is 13.1 Å². The molecule has 2 aromatic carbocycles. The third kappa shape index (κ3) is 3.71. The number of benzene rings is 2. The Labute approximate surface area is 168 Å². The van der Waals surface area contributed by atoms with Crippen molar-refractivity contribution in [1.82, 2.24) is 15.2 Å². The maximum Gasteiger partial charge on any atom is 0.434 e. The van der Waals surface area contributed by atoms with Gasteiger partial charge in [-0.25, -0.2) is 10.1 Å². The van der Waals surface area contributed by atoms with Crippen LogP contribution in [0.25, 0.3) is 5.69 Å². The van der Waals surface area contributed by atoms with Crippen molar-refractivity contribution in [3.63, 3.8) is 0 Å². The molecular weight excluding hydrogens is 401 g/mol. The quantitative estimate of drug-likeness (QED) is 0.519. The van der Waals surface area contributed by atoms with Crippen molar-refractivity contribution in [3.05, 3.63) is 71.5 Å². The average Bonchev–Trinajstić information content (AvgIpc) is 3.38. The predicted octanol–water partition coefficient (Wildman–Crippen LogP) is 3.77. The second-order valence-electron chi connectivity index (χ2n) is 6.36. The van der Waals surface area contributed by atoms with E-state index in [1.54, 1.807) is 43.3 Å². The third-order valence-electron chi connectivity index (χ3n) is 4.40. The van der Waals surface area contributed by atoms with Crippen LogP contribution in [0, 0.1) is 0 Å². The normalized spacial score (nSPS) is 13.4. The fourth-order valence-electron chi connectivity index (χ4n) is 2.93. The van der Waals surface area contributed by atoms with Crippen molar-refractivity contribution in [2.24, 2.45) is 5.10 Å². The Morgan fingerprint density at radius 2 is 1.87 bits per heavy atom. The molecule has 1 aromatic heterocycles. The number of hydrazone groups is 1. The average molecular weight is 416 g/mol. The van der Waals surface area contributed by atoms with Gasteiger partial charge in [-0.15, -0.1) is 0 Å². The number of para-hydroxylation sites is 1. The zero-order valence-corrected chi connectivity index (χ0v) is 15.6. The summed E-state index contributed by atoms with van der Waals surface area (Å²) in [6.07, 6.45) is -3.92. The Hall–Kier alpha value is -3.82. The van der Waals surface area contributed by atoms with Crippen molar-refractivity contribution in [3.8, 4) is 17.2 Å². The molecule has 0 saturated carbocycles. The van der Waals surface area contributed by atoms with E-state index in [0.717, 1.165) is 6.20 Å². The molecule has 1 amide bonds. The number of nitrogens with one attached hydrogen (secondary N) is 1. The molecule has 2 heterocycles. The number of alkyl halides is 3. The topological polar surface area (TPSA) is 77.7 Å². The molecular formula is C20H15F3N4O3. The van der Waals surface area contributed by atoms with E-state index in [2.05, 4.69) is 15.6 Å². The predicted molar refractivity (Wildman–Crippen MR) is 101 cm³/mol. The van der Waals surface area contributed by atoms with Crippen molar-refractivity contribution < 1.29 is 27.4 Å². The standard InChI is InChI=1S/C20H15F3N4O3/c1-12(13-7-8-16-17(9-13)30-11-29-16)25-26-19(28)15-10-24-27(18(15)20(21,22)23)14-5-3-2-4-6-14/h2-10H,11H2,1H3,(H,26,28)/b25-12+. The minimum atomic E-state index is -4.80. The molecule has 30 heavy (non-hydrogen) atoms. The first-order valence-corrected chi connectivity index (χ1v) is 8.80. The summed E-state index contributed by atoms with van der Waals surface area (Å²) in [5.41, 5.74) is 1.54. The molecule has 154 valence electrons. The number of rotatable bonds is 4. The number of fused-ring (bicyclic) bond motifs is 1. The molecule has 1 aliphatic rings. The lowest BCUT2D eigenvalue weighted by molar-refractivity contribution is -0.143. The van der Waals surface area contributed by atoms with Gasteiger partial charge in [0.15, 0.2) is 17.2 Å². The minimum absolute atomic E-state index is 0.108. The summed E-state index contributed by atoms with van der Waals surface area (Å²) in [5.74, 6) is 0.0835. The highest BCUT2D eigenvalue weighted by molar-refractivity contribution is 6.01. The molecule has 1 aliphatic heterocycles. The zero-order chi connectivity index (χ0) is 21.3. The first-order chi connectivity index (χ1) is 14.3. The van der Waals surface area contributed by atoms with Gasteiger partial charge in [0, 0.05) is 5.56 Å². The molecule has 0 atom stereocenters. The number of halogens is 3. The minimum Gasteiger partial charge on any atom is -0.454 e. The van der Waals surface area contributed by atoms with Crippen molar-refractivity contribution in [1.29, 1.82) is 0 Å². The summed E-state index contributed by atoms with van der Waals surface area (Å²) >= 11 is 0. The summed E-state index contributed by atoms with van der Waals surface area (Å²) in [6, 6.07) is 12.8. The summed E-state index contributed by atoms with van der Waals surface area (Å²) < 4.78 is 52.2. The molecule has 0 saturated heterocycles. The molecule has 1 N–H and O–H groups in total. The Bertz CT molecular complexity index is 1120. The first-order valence-electron chi connectivity index (χ1n) is 8.80. The largest absolute Gasteiger partial charge is 0.454 e. The monoisotopic (exact) mass is 416 g/mol. The highest BCUT2D eigenvalue weighted by atomic mass is 19.4. The van der Waals surface area contributed by atoms with Crippen LogP contribution in [0.4, 0.5) is 13.2 Å². The van der Waals surface area contributed by atoms with Crippen LogP contribution in [0.2, 0.25) is 0 Å². The smallest absolute Gasteiger partial charge is 0.434 e. The van der Waals surface area contributed by atoms with Gasteiger partial charge in [-0.2, -0.15) is 23.4 Å². The van der Waals surface area contributed by atoms with Gasteiger partial charge in [0.25, 0.3) is 5.91 Å². The number of hydrogen-bond donors (Lipinski definition) is 1. The molecule has 0 bridgehead atoms. The highest BCUT2D eigenvalue weighted by Crippen LogP contribution is 2.34. The van der Waals surface area contributed by atoms with E-state index in [0.29, 0.717) is 27.5 Å². The molecule has 0 fully saturated rings. The van der Waals surface area contributed by atoms with E-state index in [1.807, 2.05) is 0 Å². The van der Waals surface area contributed by atoms with Crippen LogP contribution in [0.3, 0.4) is 0 Å². The summed E-state index contributed by atoms with van der Waals surface area (Å²) in [5, 5.41) is 7.67. The van der Waals surface area contributed by atoms with E-state index >= 15 is 0 Å². The van der Waals surface area contributed by atoms with Gasteiger partial charge in [0.05, 0.1) is 23.2 Å².